The van der Waals surface area contributed by atoms with Gasteiger partial charge in [-0.3, -0.25) is 4.79 Å². The first kappa shape index (κ1) is 11.7. The number of carbonyl (C=O) groups is 1. The quantitative estimate of drug-likeness (QED) is 0.857. The fourth-order valence-electron chi connectivity index (χ4n) is 1.92. The van der Waals surface area contributed by atoms with Crippen LogP contribution in [0.25, 0.3) is 0 Å². The van der Waals surface area contributed by atoms with Gasteiger partial charge < -0.3 is 14.6 Å². The topological polar surface area (TPSA) is 45.5 Å². The molecule has 0 spiro atoms. The van der Waals surface area contributed by atoms with Crippen LogP contribution in [0, 0.1) is 0 Å². The van der Waals surface area contributed by atoms with Crippen LogP contribution in [0.3, 0.4) is 0 Å². The number of hydrogen-bond acceptors (Lipinski definition) is 3. The third kappa shape index (κ3) is 2.01. The van der Waals surface area contributed by atoms with Crippen molar-refractivity contribution in [2.45, 2.75) is 25.9 Å². The number of furan rings is 1. The maximum Gasteiger partial charge on any atom is 0.291 e. The smallest absolute Gasteiger partial charge is 0.291 e. The average Bonchev–Trinajstić information content (AvgIpc) is 2.68. The number of amides is 1. The molecule has 1 aliphatic rings. The van der Waals surface area contributed by atoms with Gasteiger partial charge in [-0.15, -0.1) is 0 Å². The molecule has 2 heterocycles. The number of nitrogens with zero attached hydrogens (tertiary/aromatic N) is 1. The van der Waals surface area contributed by atoms with Crippen molar-refractivity contribution in [1.29, 1.82) is 0 Å². The highest BCUT2D eigenvalue weighted by molar-refractivity contribution is 9.10. The lowest BCUT2D eigenvalue weighted by Gasteiger charge is -2.38. The van der Waals surface area contributed by atoms with Crippen LogP contribution in [0.15, 0.2) is 21.2 Å². The van der Waals surface area contributed by atoms with E-state index in [2.05, 4.69) is 28.2 Å². The van der Waals surface area contributed by atoms with Crippen LogP contribution < -0.4 is 5.32 Å². The molecule has 2 rings (SSSR count). The summed E-state index contributed by atoms with van der Waals surface area (Å²) in [6.45, 7) is 5.68. The second-order valence-corrected chi connectivity index (χ2v) is 4.93. The van der Waals surface area contributed by atoms with Crippen molar-refractivity contribution >= 4 is 21.8 Å². The van der Waals surface area contributed by atoms with Crippen LogP contribution in [0.1, 0.15) is 24.4 Å². The van der Waals surface area contributed by atoms with Crippen molar-refractivity contribution in [3.63, 3.8) is 0 Å². The molecule has 1 saturated heterocycles. The Morgan fingerprint density at radius 2 is 2.38 bits per heavy atom. The second kappa shape index (κ2) is 4.59. The largest absolute Gasteiger partial charge is 0.458 e. The van der Waals surface area contributed by atoms with Crippen LogP contribution in [0.4, 0.5) is 0 Å². The van der Waals surface area contributed by atoms with E-state index in [4.69, 9.17) is 4.42 Å². The number of nitrogens with one attached hydrogen (secondary N) is 1. The fraction of sp³-hybridized carbons (Fsp3) is 0.545. The van der Waals surface area contributed by atoms with Gasteiger partial charge >= 0.3 is 0 Å². The van der Waals surface area contributed by atoms with Crippen LogP contribution >= 0.6 is 15.9 Å². The second-order valence-electron chi connectivity index (χ2n) is 4.08. The van der Waals surface area contributed by atoms with Gasteiger partial charge in [0.15, 0.2) is 0 Å². The standard InChI is InChI=1S/C11H15BrN2O2/c1-7-8(2)14(5-4-13-7)11(15)10-9(12)3-6-16-10/h3,6-8,13H,4-5H2,1-2H3. The average molecular weight is 287 g/mol. The number of piperazine rings is 1. The molecule has 0 saturated carbocycles. The van der Waals surface area contributed by atoms with Gasteiger partial charge in [0.25, 0.3) is 5.91 Å². The molecule has 2 unspecified atom stereocenters. The molecular weight excluding hydrogens is 272 g/mol. The van der Waals surface area contributed by atoms with E-state index in [9.17, 15) is 4.79 Å². The molecule has 1 N–H and O–H groups in total. The van der Waals surface area contributed by atoms with Gasteiger partial charge in [0.05, 0.1) is 10.7 Å². The SMILES string of the molecule is CC1NCCN(C(=O)c2occc2Br)C1C. The Bertz CT molecular complexity index is 391. The molecule has 0 radical (unpaired) electrons. The molecule has 1 aliphatic heterocycles. The molecular formula is C11H15BrN2O2. The summed E-state index contributed by atoms with van der Waals surface area (Å²) in [5.74, 6) is 0.346. The normalized spacial score (nSPS) is 25.8. The van der Waals surface area contributed by atoms with Crippen LogP contribution in [-0.4, -0.2) is 36.0 Å². The molecule has 2 atom stereocenters. The van der Waals surface area contributed by atoms with Crippen LogP contribution in [0.5, 0.6) is 0 Å². The predicted molar refractivity (Wildman–Crippen MR) is 64.4 cm³/mol. The van der Waals surface area contributed by atoms with Gasteiger partial charge in [-0.25, -0.2) is 0 Å². The number of carbonyl (C=O) groups excluding carboxylic acids is 1. The van der Waals surface area contributed by atoms with Crippen LogP contribution in [0.2, 0.25) is 0 Å². The van der Waals surface area contributed by atoms with E-state index < -0.39 is 0 Å². The molecule has 0 bridgehead atoms. The molecule has 16 heavy (non-hydrogen) atoms. The molecule has 0 aromatic carbocycles. The lowest BCUT2D eigenvalue weighted by Crippen LogP contribution is -2.57. The van der Waals surface area contributed by atoms with Gasteiger partial charge in [-0.05, 0) is 35.8 Å². The Hall–Kier alpha value is -0.810. The number of halogens is 1. The highest BCUT2D eigenvalue weighted by atomic mass is 79.9. The summed E-state index contributed by atoms with van der Waals surface area (Å²) >= 11 is 3.31. The molecule has 1 fully saturated rings. The fourth-order valence-corrected chi connectivity index (χ4v) is 2.29. The van der Waals surface area contributed by atoms with Crippen molar-refractivity contribution in [3.8, 4) is 0 Å². The summed E-state index contributed by atoms with van der Waals surface area (Å²) < 4.78 is 5.92. The third-order valence-corrected chi connectivity index (χ3v) is 3.73. The zero-order valence-corrected chi connectivity index (χ0v) is 11.0. The van der Waals surface area contributed by atoms with Crippen molar-refractivity contribution in [2.75, 3.05) is 13.1 Å². The van der Waals surface area contributed by atoms with E-state index in [1.807, 2.05) is 11.8 Å². The molecule has 1 amide bonds. The Kier molecular flexibility index (Phi) is 3.35. The Labute approximate surface area is 103 Å². The number of hydrogen-bond donors (Lipinski definition) is 1. The summed E-state index contributed by atoms with van der Waals surface area (Å²) in [5.41, 5.74) is 0. The maximum absolute atomic E-state index is 12.2. The maximum atomic E-state index is 12.2. The van der Waals surface area contributed by atoms with Crippen molar-refractivity contribution in [2.24, 2.45) is 0 Å². The van der Waals surface area contributed by atoms with E-state index in [0.29, 0.717) is 11.8 Å². The van der Waals surface area contributed by atoms with Gasteiger partial charge in [-0.1, -0.05) is 0 Å². The summed E-state index contributed by atoms with van der Waals surface area (Å²) in [7, 11) is 0. The van der Waals surface area contributed by atoms with E-state index >= 15 is 0 Å². The summed E-state index contributed by atoms with van der Waals surface area (Å²) in [4.78, 5) is 14.1. The highest BCUT2D eigenvalue weighted by Gasteiger charge is 2.30. The Balaban J connectivity index is 2.18. The molecule has 1 aromatic heterocycles. The number of rotatable bonds is 1. The monoisotopic (exact) mass is 286 g/mol. The Morgan fingerprint density at radius 3 is 3.00 bits per heavy atom. The minimum absolute atomic E-state index is 0.0438. The van der Waals surface area contributed by atoms with Crippen molar-refractivity contribution in [1.82, 2.24) is 10.2 Å². The predicted octanol–water partition coefficient (Wildman–Crippen LogP) is 1.86. The van der Waals surface area contributed by atoms with Crippen molar-refractivity contribution in [3.05, 3.63) is 22.6 Å². The Morgan fingerprint density at radius 1 is 1.62 bits per heavy atom. The lowest BCUT2D eigenvalue weighted by molar-refractivity contribution is 0.0569. The van der Waals surface area contributed by atoms with Gasteiger partial charge in [0.1, 0.15) is 0 Å². The molecule has 0 aliphatic carbocycles. The van der Waals surface area contributed by atoms with Crippen molar-refractivity contribution < 1.29 is 9.21 Å². The lowest BCUT2D eigenvalue weighted by atomic mass is 10.1. The third-order valence-electron chi connectivity index (χ3n) is 3.11. The molecule has 5 heteroatoms. The highest BCUT2D eigenvalue weighted by Crippen LogP contribution is 2.21. The summed E-state index contributed by atoms with van der Waals surface area (Å²) in [6, 6.07) is 2.23. The summed E-state index contributed by atoms with van der Waals surface area (Å²) in [5, 5.41) is 3.34. The molecule has 4 nitrogen and oxygen atoms in total. The first-order chi connectivity index (χ1) is 7.61. The molecule has 88 valence electrons. The zero-order chi connectivity index (χ0) is 11.7. The van der Waals surface area contributed by atoms with E-state index in [0.717, 1.165) is 17.6 Å². The summed E-state index contributed by atoms with van der Waals surface area (Å²) in [6.07, 6.45) is 1.52. The zero-order valence-electron chi connectivity index (χ0n) is 9.37. The minimum atomic E-state index is -0.0438. The van der Waals surface area contributed by atoms with E-state index in [1.54, 1.807) is 6.07 Å². The van der Waals surface area contributed by atoms with E-state index in [1.165, 1.54) is 6.26 Å². The molecule has 1 aromatic rings. The van der Waals surface area contributed by atoms with Gasteiger partial charge in [-0.2, -0.15) is 0 Å². The van der Waals surface area contributed by atoms with Gasteiger partial charge in [0.2, 0.25) is 5.76 Å². The van der Waals surface area contributed by atoms with E-state index in [-0.39, 0.29) is 11.9 Å². The minimum Gasteiger partial charge on any atom is -0.458 e. The van der Waals surface area contributed by atoms with Gasteiger partial charge in [0, 0.05) is 25.2 Å². The first-order valence-corrected chi connectivity index (χ1v) is 6.18. The first-order valence-electron chi connectivity index (χ1n) is 5.38. The van der Waals surface area contributed by atoms with Crippen LogP contribution in [-0.2, 0) is 0 Å².